The molecular weight excluding hydrogens is 282 g/mol. The Hall–Kier alpha value is -0.590. The van der Waals surface area contributed by atoms with E-state index in [0.29, 0.717) is 6.54 Å². The molecule has 0 spiro atoms. The van der Waals surface area contributed by atoms with Gasteiger partial charge in [0.15, 0.2) is 0 Å². The Morgan fingerprint density at radius 2 is 1.13 bits per heavy atom. The van der Waals surface area contributed by atoms with Crippen LogP contribution in [0.25, 0.3) is 4.85 Å². The lowest BCUT2D eigenvalue weighted by Crippen LogP contribution is -2.27. The van der Waals surface area contributed by atoms with Gasteiger partial charge in [-0.25, -0.2) is 6.57 Å². The van der Waals surface area contributed by atoms with Crippen molar-refractivity contribution in [2.24, 2.45) is 0 Å². The highest BCUT2D eigenvalue weighted by atomic mass is 15.1. The van der Waals surface area contributed by atoms with Gasteiger partial charge in [0.05, 0.1) is 0 Å². The van der Waals surface area contributed by atoms with Crippen molar-refractivity contribution in [2.45, 2.75) is 85.5 Å². The van der Waals surface area contributed by atoms with E-state index in [-0.39, 0.29) is 0 Å². The largest absolute Gasteiger partial charge is 0.317 e. The lowest BCUT2D eigenvalue weighted by Gasteiger charge is -2.20. The van der Waals surface area contributed by atoms with E-state index in [1.165, 1.54) is 77.5 Å². The van der Waals surface area contributed by atoms with Gasteiger partial charge in [-0.1, -0.05) is 53.4 Å². The molecule has 0 saturated heterocycles. The van der Waals surface area contributed by atoms with Crippen molar-refractivity contribution in [1.82, 2.24) is 10.2 Å². The molecule has 0 atom stereocenters. The highest BCUT2D eigenvalue weighted by Gasteiger charge is 2.03. The van der Waals surface area contributed by atoms with Crippen LogP contribution in [-0.2, 0) is 0 Å². The fourth-order valence-electron chi connectivity index (χ4n) is 2.20. The zero-order chi connectivity index (χ0) is 17.6. The van der Waals surface area contributed by atoms with Gasteiger partial charge in [-0.15, -0.1) is 0 Å². The zero-order valence-corrected chi connectivity index (χ0v) is 16.5. The van der Waals surface area contributed by atoms with Crippen LogP contribution in [0.3, 0.4) is 0 Å². The Morgan fingerprint density at radius 3 is 1.52 bits per heavy atom. The summed E-state index contributed by atoms with van der Waals surface area (Å²) in [7, 11) is 0. The highest BCUT2D eigenvalue weighted by Crippen LogP contribution is 2.00. The third-order valence-corrected chi connectivity index (χ3v) is 3.81. The topological polar surface area (TPSA) is 19.6 Å². The molecule has 0 fully saturated rings. The number of hydrogen-bond acceptors (Lipinski definition) is 2. The summed E-state index contributed by atoms with van der Waals surface area (Å²) >= 11 is 0. The second kappa shape index (κ2) is 23.7. The average molecular weight is 326 g/mol. The molecule has 1 N–H and O–H groups in total. The molecule has 0 aliphatic rings. The van der Waals surface area contributed by atoms with Crippen LogP contribution < -0.4 is 5.32 Å². The summed E-state index contributed by atoms with van der Waals surface area (Å²) < 4.78 is 0. The maximum Gasteiger partial charge on any atom is 0.215 e. The van der Waals surface area contributed by atoms with Gasteiger partial charge in [-0.2, -0.15) is 0 Å². The molecule has 0 aromatic carbocycles. The quantitative estimate of drug-likeness (QED) is 0.322. The number of nitrogens with zero attached hydrogens (tertiary/aromatic N) is 2. The van der Waals surface area contributed by atoms with Crippen LogP contribution in [0, 0.1) is 6.57 Å². The van der Waals surface area contributed by atoms with E-state index in [1.54, 1.807) is 0 Å². The lowest BCUT2D eigenvalue weighted by atomic mass is 10.2. The van der Waals surface area contributed by atoms with E-state index in [1.807, 2.05) is 0 Å². The molecule has 0 aromatic heterocycles. The summed E-state index contributed by atoms with van der Waals surface area (Å²) in [6.07, 6.45) is 11.4. The van der Waals surface area contributed by atoms with Gasteiger partial charge in [0.2, 0.25) is 6.54 Å². The standard InChI is InChI=1S/C12H24N2.C8H19N/c1-4-6-10-14(11-7-5-2)12-8-9-13-3;1-3-5-7-9-8-6-4-2/h4-12H2,1-2H3;9H,3-8H2,1-2H3. The van der Waals surface area contributed by atoms with E-state index in [2.05, 4.69) is 42.8 Å². The third-order valence-electron chi connectivity index (χ3n) is 3.81. The van der Waals surface area contributed by atoms with Crippen molar-refractivity contribution < 1.29 is 0 Å². The highest BCUT2D eigenvalue weighted by molar-refractivity contribution is 4.63. The van der Waals surface area contributed by atoms with E-state index >= 15 is 0 Å². The van der Waals surface area contributed by atoms with Gasteiger partial charge >= 0.3 is 0 Å². The van der Waals surface area contributed by atoms with Crippen LogP contribution in [0.15, 0.2) is 0 Å². The molecule has 0 radical (unpaired) electrons. The fourth-order valence-corrected chi connectivity index (χ4v) is 2.20. The summed E-state index contributed by atoms with van der Waals surface area (Å²) in [6, 6.07) is 0. The lowest BCUT2D eigenvalue weighted by molar-refractivity contribution is 0.265. The zero-order valence-electron chi connectivity index (χ0n) is 16.5. The van der Waals surface area contributed by atoms with E-state index in [9.17, 15) is 0 Å². The smallest absolute Gasteiger partial charge is 0.215 e. The number of unbranched alkanes of at least 4 members (excludes halogenated alkanes) is 4. The summed E-state index contributed by atoms with van der Waals surface area (Å²) in [5.74, 6) is 0. The van der Waals surface area contributed by atoms with Gasteiger partial charge in [0.1, 0.15) is 0 Å². The molecular formula is C20H43N3. The second-order valence-corrected chi connectivity index (χ2v) is 6.24. The van der Waals surface area contributed by atoms with Gasteiger partial charge in [0.25, 0.3) is 0 Å². The fraction of sp³-hybridized carbons (Fsp3) is 0.950. The predicted molar refractivity (Wildman–Crippen MR) is 105 cm³/mol. The van der Waals surface area contributed by atoms with Crippen LogP contribution in [0.2, 0.25) is 0 Å². The molecule has 3 nitrogen and oxygen atoms in total. The molecule has 0 rings (SSSR count). The summed E-state index contributed by atoms with van der Waals surface area (Å²) in [6.45, 7) is 22.3. The summed E-state index contributed by atoms with van der Waals surface area (Å²) in [5, 5.41) is 3.39. The first-order valence-electron chi connectivity index (χ1n) is 10.0. The number of nitrogens with one attached hydrogen (secondary N) is 1. The Bertz CT molecular complexity index is 222. The molecule has 138 valence electrons. The normalized spacial score (nSPS) is 10.3. The number of rotatable bonds is 15. The molecule has 3 heteroatoms. The van der Waals surface area contributed by atoms with Crippen molar-refractivity contribution in [3.63, 3.8) is 0 Å². The van der Waals surface area contributed by atoms with Gasteiger partial charge in [-0.05, 0) is 51.9 Å². The molecule has 23 heavy (non-hydrogen) atoms. The summed E-state index contributed by atoms with van der Waals surface area (Å²) in [4.78, 5) is 5.90. The molecule has 0 aliphatic heterocycles. The third kappa shape index (κ3) is 23.8. The monoisotopic (exact) mass is 325 g/mol. The molecule has 0 amide bonds. The molecule has 0 aliphatic carbocycles. The van der Waals surface area contributed by atoms with E-state index in [0.717, 1.165) is 13.0 Å². The molecule has 0 unspecified atom stereocenters. The minimum absolute atomic E-state index is 0.689. The minimum Gasteiger partial charge on any atom is -0.317 e. The average Bonchev–Trinajstić information content (AvgIpc) is 2.57. The van der Waals surface area contributed by atoms with E-state index in [4.69, 9.17) is 6.57 Å². The molecule has 0 saturated carbocycles. The Kier molecular flexibility index (Phi) is 25.4. The predicted octanol–water partition coefficient (Wildman–Crippen LogP) is 5.37. The van der Waals surface area contributed by atoms with Crippen LogP contribution in [0.4, 0.5) is 0 Å². The maximum absolute atomic E-state index is 6.73. The van der Waals surface area contributed by atoms with Gasteiger partial charge in [0, 0.05) is 13.0 Å². The number of hydrogen-bond donors (Lipinski definition) is 1. The van der Waals surface area contributed by atoms with Crippen molar-refractivity contribution in [1.29, 1.82) is 0 Å². The Morgan fingerprint density at radius 1 is 0.696 bits per heavy atom. The second-order valence-electron chi connectivity index (χ2n) is 6.24. The van der Waals surface area contributed by atoms with Gasteiger partial charge < -0.3 is 15.1 Å². The Balaban J connectivity index is 0. The van der Waals surface area contributed by atoms with E-state index < -0.39 is 0 Å². The first-order chi connectivity index (χ1) is 11.3. The molecule has 0 bridgehead atoms. The minimum atomic E-state index is 0.689. The molecule has 0 heterocycles. The van der Waals surface area contributed by atoms with Crippen molar-refractivity contribution in [2.75, 3.05) is 39.3 Å². The SMILES string of the molecule is CCCCNCCCC.[C-]#[N+]CCCN(CCCC)CCCC. The van der Waals surface area contributed by atoms with Crippen molar-refractivity contribution in [3.8, 4) is 0 Å². The first-order valence-corrected chi connectivity index (χ1v) is 10.0. The maximum atomic E-state index is 6.73. The van der Waals surface area contributed by atoms with Crippen LogP contribution in [-0.4, -0.2) is 44.2 Å². The Labute approximate surface area is 147 Å². The van der Waals surface area contributed by atoms with Crippen molar-refractivity contribution >= 4 is 0 Å². The van der Waals surface area contributed by atoms with Crippen LogP contribution >= 0.6 is 0 Å². The molecule has 0 aromatic rings. The first kappa shape index (κ1) is 24.7. The summed E-state index contributed by atoms with van der Waals surface area (Å²) in [5.41, 5.74) is 0. The van der Waals surface area contributed by atoms with Crippen LogP contribution in [0.5, 0.6) is 0 Å². The van der Waals surface area contributed by atoms with Crippen molar-refractivity contribution in [3.05, 3.63) is 11.4 Å². The van der Waals surface area contributed by atoms with Gasteiger partial charge in [-0.3, -0.25) is 0 Å². The van der Waals surface area contributed by atoms with Crippen LogP contribution in [0.1, 0.15) is 85.5 Å².